The standard InChI is InChI=1S/C14H13N3O3/c15-10-3-1-2-9(8-10)13(18)16-11-4-6-12(7-5-11)17-14(19)20/h1-8,17H,15H2,(H,16,18)(H,19,20). The van der Waals surface area contributed by atoms with Gasteiger partial charge in [-0.15, -0.1) is 0 Å². The molecule has 2 aromatic carbocycles. The van der Waals surface area contributed by atoms with Crippen molar-refractivity contribution in [3.05, 3.63) is 54.1 Å². The average molecular weight is 271 g/mol. The molecule has 102 valence electrons. The molecule has 0 heterocycles. The van der Waals surface area contributed by atoms with E-state index >= 15 is 0 Å². The minimum Gasteiger partial charge on any atom is -0.465 e. The van der Waals surface area contributed by atoms with Crippen LogP contribution in [0.25, 0.3) is 0 Å². The molecule has 2 aromatic rings. The number of nitrogen functional groups attached to an aromatic ring is 1. The molecule has 0 aromatic heterocycles. The fourth-order valence-electron chi connectivity index (χ4n) is 1.64. The summed E-state index contributed by atoms with van der Waals surface area (Å²) in [6.45, 7) is 0. The van der Waals surface area contributed by atoms with E-state index in [4.69, 9.17) is 10.8 Å². The van der Waals surface area contributed by atoms with Crippen molar-refractivity contribution < 1.29 is 14.7 Å². The van der Waals surface area contributed by atoms with Crippen molar-refractivity contribution in [3.8, 4) is 0 Å². The molecule has 0 saturated heterocycles. The molecule has 0 unspecified atom stereocenters. The number of carbonyl (C=O) groups is 2. The number of carbonyl (C=O) groups excluding carboxylic acids is 1. The average Bonchev–Trinajstić information content (AvgIpc) is 2.40. The highest BCUT2D eigenvalue weighted by Crippen LogP contribution is 2.15. The van der Waals surface area contributed by atoms with Crippen LogP contribution in [0, 0.1) is 0 Å². The van der Waals surface area contributed by atoms with Gasteiger partial charge >= 0.3 is 6.09 Å². The Bertz CT molecular complexity index is 638. The Hall–Kier alpha value is -3.02. The molecule has 2 rings (SSSR count). The van der Waals surface area contributed by atoms with Gasteiger partial charge in [-0.1, -0.05) is 6.07 Å². The van der Waals surface area contributed by atoms with Crippen molar-refractivity contribution in [2.24, 2.45) is 0 Å². The van der Waals surface area contributed by atoms with Gasteiger partial charge < -0.3 is 16.2 Å². The van der Waals surface area contributed by atoms with E-state index in [9.17, 15) is 9.59 Å². The second-order valence-corrected chi connectivity index (χ2v) is 4.09. The van der Waals surface area contributed by atoms with Crippen molar-refractivity contribution in [3.63, 3.8) is 0 Å². The number of amides is 2. The molecule has 0 aliphatic rings. The van der Waals surface area contributed by atoms with Crippen LogP contribution in [0.5, 0.6) is 0 Å². The van der Waals surface area contributed by atoms with Crippen molar-refractivity contribution >= 4 is 29.1 Å². The van der Waals surface area contributed by atoms with Crippen molar-refractivity contribution in [2.75, 3.05) is 16.4 Å². The molecule has 2 amide bonds. The molecule has 0 saturated carbocycles. The Morgan fingerprint density at radius 3 is 2.10 bits per heavy atom. The minimum absolute atomic E-state index is 0.281. The number of hydrogen-bond donors (Lipinski definition) is 4. The van der Waals surface area contributed by atoms with Crippen LogP contribution in [0.2, 0.25) is 0 Å². The molecule has 0 fully saturated rings. The van der Waals surface area contributed by atoms with Gasteiger partial charge in [-0.05, 0) is 42.5 Å². The van der Waals surface area contributed by atoms with Gasteiger partial charge in [0.2, 0.25) is 0 Å². The third kappa shape index (κ3) is 3.49. The number of nitrogens with one attached hydrogen (secondary N) is 2. The van der Waals surface area contributed by atoms with E-state index in [-0.39, 0.29) is 5.91 Å². The Labute approximate surface area is 115 Å². The molecule has 6 heteroatoms. The molecule has 5 N–H and O–H groups in total. The third-order valence-corrected chi connectivity index (χ3v) is 2.54. The maximum absolute atomic E-state index is 12.0. The molecule has 0 aliphatic carbocycles. The van der Waals surface area contributed by atoms with Gasteiger partial charge in [-0.25, -0.2) is 4.79 Å². The summed E-state index contributed by atoms with van der Waals surface area (Å²) in [5.74, 6) is -0.281. The van der Waals surface area contributed by atoms with E-state index < -0.39 is 6.09 Å². The Morgan fingerprint density at radius 2 is 1.55 bits per heavy atom. The predicted octanol–water partition coefficient (Wildman–Crippen LogP) is 2.61. The third-order valence-electron chi connectivity index (χ3n) is 2.54. The van der Waals surface area contributed by atoms with Gasteiger partial charge in [0.15, 0.2) is 0 Å². The van der Waals surface area contributed by atoms with Gasteiger partial charge in [0.05, 0.1) is 0 Å². The van der Waals surface area contributed by atoms with Crippen LogP contribution >= 0.6 is 0 Å². The smallest absolute Gasteiger partial charge is 0.409 e. The molecule has 0 atom stereocenters. The number of rotatable bonds is 3. The first-order valence-corrected chi connectivity index (χ1v) is 5.81. The van der Waals surface area contributed by atoms with Gasteiger partial charge in [-0.3, -0.25) is 10.1 Å². The first-order chi connectivity index (χ1) is 9.54. The lowest BCUT2D eigenvalue weighted by molar-refractivity contribution is 0.102. The summed E-state index contributed by atoms with van der Waals surface area (Å²) in [5, 5.41) is 13.5. The summed E-state index contributed by atoms with van der Waals surface area (Å²) in [5.41, 5.74) is 7.57. The van der Waals surface area contributed by atoms with Crippen LogP contribution in [0.15, 0.2) is 48.5 Å². The van der Waals surface area contributed by atoms with Crippen molar-refractivity contribution in [1.82, 2.24) is 0 Å². The highest BCUT2D eigenvalue weighted by molar-refractivity contribution is 6.04. The maximum atomic E-state index is 12.0. The van der Waals surface area contributed by atoms with E-state index in [1.165, 1.54) is 0 Å². The van der Waals surface area contributed by atoms with Gasteiger partial charge in [0.25, 0.3) is 5.91 Å². The summed E-state index contributed by atoms with van der Waals surface area (Å²) in [6, 6.07) is 13.0. The first kappa shape index (κ1) is 13.4. The van der Waals surface area contributed by atoms with Crippen LogP contribution in [0.4, 0.5) is 21.9 Å². The zero-order valence-corrected chi connectivity index (χ0v) is 10.5. The molecular formula is C14H13N3O3. The van der Waals surface area contributed by atoms with Crippen LogP contribution < -0.4 is 16.4 Å². The topological polar surface area (TPSA) is 104 Å². The zero-order valence-electron chi connectivity index (χ0n) is 10.5. The molecule has 0 radical (unpaired) electrons. The number of carboxylic acid groups (broad SMARTS) is 1. The summed E-state index contributed by atoms with van der Waals surface area (Å²) in [4.78, 5) is 22.4. The van der Waals surface area contributed by atoms with E-state index in [2.05, 4.69) is 10.6 Å². The van der Waals surface area contributed by atoms with Gasteiger partial charge in [0.1, 0.15) is 0 Å². The van der Waals surface area contributed by atoms with Crippen LogP contribution in [-0.4, -0.2) is 17.1 Å². The second-order valence-electron chi connectivity index (χ2n) is 4.09. The lowest BCUT2D eigenvalue weighted by atomic mass is 10.2. The van der Waals surface area contributed by atoms with Crippen LogP contribution in [-0.2, 0) is 0 Å². The molecule has 0 bridgehead atoms. The van der Waals surface area contributed by atoms with Gasteiger partial charge in [-0.2, -0.15) is 0 Å². The summed E-state index contributed by atoms with van der Waals surface area (Å²) >= 11 is 0. The number of anilines is 3. The van der Waals surface area contributed by atoms with Crippen molar-refractivity contribution in [1.29, 1.82) is 0 Å². The number of benzene rings is 2. The molecule has 20 heavy (non-hydrogen) atoms. The lowest BCUT2D eigenvalue weighted by Gasteiger charge is -2.07. The second kappa shape index (κ2) is 5.75. The predicted molar refractivity (Wildman–Crippen MR) is 76.9 cm³/mol. The van der Waals surface area contributed by atoms with Crippen LogP contribution in [0.3, 0.4) is 0 Å². The van der Waals surface area contributed by atoms with E-state index in [1.807, 2.05) is 0 Å². The SMILES string of the molecule is Nc1cccc(C(=O)Nc2ccc(NC(=O)O)cc2)c1. The monoisotopic (exact) mass is 271 g/mol. The van der Waals surface area contributed by atoms with E-state index in [0.29, 0.717) is 22.6 Å². The highest BCUT2D eigenvalue weighted by Gasteiger charge is 2.06. The fraction of sp³-hybridized carbons (Fsp3) is 0. The summed E-state index contributed by atoms with van der Waals surface area (Å²) in [6.07, 6.45) is -1.14. The highest BCUT2D eigenvalue weighted by atomic mass is 16.4. The van der Waals surface area contributed by atoms with Gasteiger partial charge in [0, 0.05) is 22.6 Å². The molecular weight excluding hydrogens is 258 g/mol. The molecule has 0 spiro atoms. The molecule has 0 aliphatic heterocycles. The van der Waals surface area contributed by atoms with Crippen molar-refractivity contribution in [2.45, 2.75) is 0 Å². The largest absolute Gasteiger partial charge is 0.465 e. The Morgan fingerprint density at radius 1 is 0.950 bits per heavy atom. The van der Waals surface area contributed by atoms with E-state index in [0.717, 1.165) is 0 Å². The maximum Gasteiger partial charge on any atom is 0.409 e. The fourth-order valence-corrected chi connectivity index (χ4v) is 1.64. The zero-order chi connectivity index (χ0) is 14.5. The molecule has 6 nitrogen and oxygen atoms in total. The quantitative estimate of drug-likeness (QED) is 0.644. The minimum atomic E-state index is -1.14. The normalized spacial score (nSPS) is 9.80. The summed E-state index contributed by atoms with van der Waals surface area (Å²) < 4.78 is 0. The number of hydrogen-bond acceptors (Lipinski definition) is 3. The van der Waals surface area contributed by atoms with E-state index in [1.54, 1.807) is 48.5 Å². The Balaban J connectivity index is 2.06. The first-order valence-electron chi connectivity index (χ1n) is 5.81. The van der Waals surface area contributed by atoms with Crippen LogP contribution in [0.1, 0.15) is 10.4 Å². The summed E-state index contributed by atoms with van der Waals surface area (Å²) in [7, 11) is 0. The number of nitrogens with two attached hydrogens (primary N) is 1. The lowest BCUT2D eigenvalue weighted by Crippen LogP contribution is -2.12. The Kier molecular flexibility index (Phi) is 3.85.